The number of carbonyl (C=O) groups excluding carboxylic acids is 1. The highest BCUT2D eigenvalue weighted by Crippen LogP contribution is 2.08. The van der Waals surface area contributed by atoms with Crippen LogP contribution < -0.4 is 16.4 Å². The fourth-order valence-electron chi connectivity index (χ4n) is 2.79. The van der Waals surface area contributed by atoms with Crippen molar-refractivity contribution in [3.05, 3.63) is 36.5 Å². The summed E-state index contributed by atoms with van der Waals surface area (Å²) in [5.74, 6) is 0.197. The third-order valence-electron chi connectivity index (χ3n) is 4.46. The fraction of sp³-hybridized carbons (Fsp3) is 0.708. The van der Waals surface area contributed by atoms with Gasteiger partial charge < -0.3 is 16.4 Å². The standard InChI is InChI=1S/C24H45N3O/c1-2-3-4-5-6-7-8-9-10-11-12-13-14-15-16-19-24(28)27-23-18-22-26-21-17-20-25/h3-4,6-7,9-10,26H,2,5,8,11-23,25H2,1H3,(H,27,28)/b4-3-,7-6-,10-9-. The summed E-state index contributed by atoms with van der Waals surface area (Å²) in [6.07, 6.45) is 26.4. The molecule has 0 aliphatic carbocycles. The van der Waals surface area contributed by atoms with Gasteiger partial charge in [0.2, 0.25) is 5.91 Å². The summed E-state index contributed by atoms with van der Waals surface area (Å²) in [6, 6.07) is 0. The van der Waals surface area contributed by atoms with Gasteiger partial charge in [-0.05, 0) is 71.0 Å². The number of amides is 1. The molecule has 0 fully saturated rings. The van der Waals surface area contributed by atoms with Gasteiger partial charge in [-0.3, -0.25) is 4.79 Å². The molecule has 4 heteroatoms. The smallest absolute Gasteiger partial charge is 0.219 e. The van der Waals surface area contributed by atoms with E-state index in [4.69, 9.17) is 5.73 Å². The van der Waals surface area contributed by atoms with Crippen LogP contribution in [0, 0.1) is 0 Å². The lowest BCUT2D eigenvalue weighted by molar-refractivity contribution is -0.121. The van der Waals surface area contributed by atoms with Crippen molar-refractivity contribution in [2.45, 2.75) is 84.0 Å². The molecule has 0 heterocycles. The van der Waals surface area contributed by atoms with E-state index in [0.717, 1.165) is 71.1 Å². The number of nitrogens with one attached hydrogen (secondary N) is 2. The number of nitrogens with two attached hydrogens (primary N) is 1. The second-order valence-electron chi connectivity index (χ2n) is 7.20. The highest BCUT2D eigenvalue weighted by molar-refractivity contribution is 5.75. The maximum Gasteiger partial charge on any atom is 0.219 e. The Morgan fingerprint density at radius 2 is 1.39 bits per heavy atom. The Labute approximate surface area is 174 Å². The molecule has 0 aromatic carbocycles. The summed E-state index contributed by atoms with van der Waals surface area (Å²) in [4.78, 5) is 11.7. The SMILES string of the molecule is CC/C=C\C/C=C\C/C=C\CCCCCCCC(=O)NCCCNCCCN. The van der Waals surface area contributed by atoms with E-state index in [1.54, 1.807) is 0 Å². The first kappa shape index (κ1) is 26.6. The quantitative estimate of drug-likeness (QED) is 0.202. The molecule has 0 saturated carbocycles. The summed E-state index contributed by atoms with van der Waals surface area (Å²) in [6.45, 7) is 5.57. The first-order valence-corrected chi connectivity index (χ1v) is 11.4. The zero-order chi connectivity index (χ0) is 20.5. The highest BCUT2D eigenvalue weighted by atomic mass is 16.1. The van der Waals surface area contributed by atoms with E-state index in [1.807, 2.05) is 0 Å². The van der Waals surface area contributed by atoms with Crippen LogP contribution in [0.15, 0.2) is 36.5 Å². The summed E-state index contributed by atoms with van der Waals surface area (Å²) in [5.41, 5.74) is 5.44. The predicted octanol–water partition coefficient (Wildman–Crippen LogP) is 5.02. The monoisotopic (exact) mass is 391 g/mol. The predicted molar refractivity (Wildman–Crippen MR) is 123 cm³/mol. The average Bonchev–Trinajstić information content (AvgIpc) is 2.70. The summed E-state index contributed by atoms with van der Waals surface area (Å²) >= 11 is 0. The van der Waals surface area contributed by atoms with Gasteiger partial charge in [-0.25, -0.2) is 0 Å². The van der Waals surface area contributed by atoms with Gasteiger partial charge in [-0.1, -0.05) is 62.6 Å². The van der Waals surface area contributed by atoms with E-state index in [-0.39, 0.29) is 5.91 Å². The lowest BCUT2D eigenvalue weighted by Crippen LogP contribution is -2.27. The zero-order valence-corrected chi connectivity index (χ0v) is 18.3. The molecule has 0 aromatic heterocycles. The molecule has 0 unspecified atom stereocenters. The third-order valence-corrected chi connectivity index (χ3v) is 4.46. The molecule has 0 radical (unpaired) electrons. The second-order valence-corrected chi connectivity index (χ2v) is 7.20. The third kappa shape index (κ3) is 22.7. The minimum absolute atomic E-state index is 0.197. The Morgan fingerprint density at radius 1 is 0.750 bits per heavy atom. The Hall–Kier alpha value is -1.39. The number of hydrogen-bond donors (Lipinski definition) is 3. The van der Waals surface area contributed by atoms with Crippen LogP contribution in [0.1, 0.15) is 84.0 Å². The van der Waals surface area contributed by atoms with Gasteiger partial charge in [-0.15, -0.1) is 0 Å². The van der Waals surface area contributed by atoms with E-state index in [2.05, 4.69) is 54.0 Å². The molecule has 0 aliphatic rings. The van der Waals surface area contributed by atoms with Gasteiger partial charge in [0.25, 0.3) is 0 Å². The molecule has 162 valence electrons. The summed E-state index contributed by atoms with van der Waals surface area (Å²) in [5, 5.41) is 6.32. The van der Waals surface area contributed by atoms with Crippen molar-refractivity contribution < 1.29 is 4.79 Å². The fourth-order valence-corrected chi connectivity index (χ4v) is 2.79. The molecule has 28 heavy (non-hydrogen) atoms. The van der Waals surface area contributed by atoms with Crippen LogP contribution >= 0.6 is 0 Å². The van der Waals surface area contributed by atoms with Crippen LogP contribution in [-0.2, 0) is 4.79 Å². The molecular formula is C24H45N3O. The van der Waals surface area contributed by atoms with E-state index in [0.29, 0.717) is 6.42 Å². The highest BCUT2D eigenvalue weighted by Gasteiger charge is 2.00. The van der Waals surface area contributed by atoms with Crippen LogP contribution in [0.3, 0.4) is 0 Å². The van der Waals surface area contributed by atoms with Crippen LogP contribution in [0.4, 0.5) is 0 Å². The van der Waals surface area contributed by atoms with E-state index in [9.17, 15) is 4.79 Å². The minimum atomic E-state index is 0.197. The van der Waals surface area contributed by atoms with Gasteiger partial charge in [0, 0.05) is 13.0 Å². The topological polar surface area (TPSA) is 67.2 Å². The van der Waals surface area contributed by atoms with Crippen LogP contribution in [-0.4, -0.2) is 32.1 Å². The largest absolute Gasteiger partial charge is 0.356 e. The molecule has 1 amide bonds. The minimum Gasteiger partial charge on any atom is -0.356 e. The molecule has 0 saturated heterocycles. The number of rotatable bonds is 20. The number of carbonyl (C=O) groups is 1. The number of unbranched alkanes of at least 4 members (excludes halogenated alkanes) is 5. The van der Waals surface area contributed by atoms with Gasteiger partial charge >= 0.3 is 0 Å². The molecule has 0 rings (SSSR count). The first-order chi connectivity index (χ1) is 13.8. The Bertz CT molecular complexity index is 416. The van der Waals surface area contributed by atoms with Crippen molar-refractivity contribution in [2.75, 3.05) is 26.2 Å². The average molecular weight is 392 g/mol. The molecule has 4 nitrogen and oxygen atoms in total. The molecular weight excluding hydrogens is 346 g/mol. The van der Waals surface area contributed by atoms with Crippen molar-refractivity contribution >= 4 is 5.91 Å². The normalized spacial score (nSPS) is 11.9. The molecule has 4 N–H and O–H groups in total. The van der Waals surface area contributed by atoms with E-state index >= 15 is 0 Å². The summed E-state index contributed by atoms with van der Waals surface area (Å²) in [7, 11) is 0. The van der Waals surface area contributed by atoms with Crippen molar-refractivity contribution in [1.82, 2.24) is 10.6 Å². The van der Waals surface area contributed by atoms with Gasteiger partial charge in [-0.2, -0.15) is 0 Å². The van der Waals surface area contributed by atoms with E-state index in [1.165, 1.54) is 25.7 Å². The van der Waals surface area contributed by atoms with Crippen LogP contribution in [0.5, 0.6) is 0 Å². The lowest BCUT2D eigenvalue weighted by Gasteiger charge is -2.06. The van der Waals surface area contributed by atoms with Crippen molar-refractivity contribution in [2.24, 2.45) is 5.73 Å². The zero-order valence-electron chi connectivity index (χ0n) is 18.3. The molecule has 0 aliphatic heterocycles. The van der Waals surface area contributed by atoms with Crippen LogP contribution in [0.25, 0.3) is 0 Å². The Balaban J connectivity index is 3.28. The van der Waals surface area contributed by atoms with Crippen molar-refractivity contribution in [3.63, 3.8) is 0 Å². The molecule has 0 aromatic rings. The maximum atomic E-state index is 11.7. The molecule has 0 atom stereocenters. The second kappa shape index (κ2) is 23.6. The number of allylic oxidation sites excluding steroid dienone is 6. The van der Waals surface area contributed by atoms with Crippen molar-refractivity contribution in [3.8, 4) is 0 Å². The molecule has 0 spiro atoms. The molecule has 0 bridgehead atoms. The first-order valence-electron chi connectivity index (χ1n) is 11.4. The van der Waals surface area contributed by atoms with E-state index < -0.39 is 0 Å². The Kier molecular flexibility index (Phi) is 22.5. The lowest BCUT2D eigenvalue weighted by atomic mass is 10.1. The van der Waals surface area contributed by atoms with Crippen LogP contribution in [0.2, 0.25) is 0 Å². The van der Waals surface area contributed by atoms with Crippen molar-refractivity contribution in [1.29, 1.82) is 0 Å². The maximum absolute atomic E-state index is 11.7. The number of hydrogen-bond acceptors (Lipinski definition) is 3. The van der Waals surface area contributed by atoms with Gasteiger partial charge in [0.15, 0.2) is 0 Å². The van der Waals surface area contributed by atoms with Gasteiger partial charge in [0.05, 0.1) is 0 Å². The Morgan fingerprint density at radius 3 is 2.14 bits per heavy atom. The van der Waals surface area contributed by atoms with Gasteiger partial charge in [0.1, 0.15) is 0 Å². The summed E-state index contributed by atoms with van der Waals surface area (Å²) < 4.78 is 0.